The molecule has 4 N–H and O–H groups in total. The summed E-state index contributed by atoms with van der Waals surface area (Å²) >= 11 is 0. The molecule has 116 valence electrons. The van der Waals surface area contributed by atoms with Crippen LogP contribution in [0.15, 0.2) is 18.2 Å². The van der Waals surface area contributed by atoms with Crippen LogP contribution in [0.2, 0.25) is 0 Å². The number of carbonyl (C=O) groups excluding carboxylic acids is 1. The minimum absolute atomic E-state index is 0.153. The van der Waals surface area contributed by atoms with Crippen LogP contribution in [0.1, 0.15) is 28.8 Å². The minimum Gasteiger partial charge on any atom is -0.381 e. The van der Waals surface area contributed by atoms with Gasteiger partial charge in [-0.3, -0.25) is 9.69 Å². The largest absolute Gasteiger partial charge is 0.381 e. The monoisotopic (exact) mass is 295 g/mol. The van der Waals surface area contributed by atoms with Crippen molar-refractivity contribution in [3.05, 3.63) is 35.1 Å². The zero-order valence-electron chi connectivity index (χ0n) is 12.2. The number of piperidine rings is 1. The maximum Gasteiger partial charge on any atom is 0.248 e. The van der Waals surface area contributed by atoms with E-state index in [2.05, 4.69) is 4.90 Å². The predicted molar refractivity (Wildman–Crippen MR) is 78.2 cm³/mol. The Morgan fingerprint density at radius 3 is 2.90 bits per heavy atom. The van der Waals surface area contributed by atoms with Gasteiger partial charge in [-0.2, -0.15) is 0 Å². The van der Waals surface area contributed by atoms with Gasteiger partial charge in [0.05, 0.1) is 6.10 Å². The maximum atomic E-state index is 13.9. The van der Waals surface area contributed by atoms with Crippen molar-refractivity contribution in [2.24, 2.45) is 11.5 Å². The summed E-state index contributed by atoms with van der Waals surface area (Å²) in [5, 5.41) is 0. The van der Waals surface area contributed by atoms with Gasteiger partial charge in [-0.25, -0.2) is 4.39 Å². The van der Waals surface area contributed by atoms with E-state index in [4.69, 9.17) is 16.2 Å². The number of nitrogens with zero attached hydrogens (tertiary/aromatic N) is 1. The third kappa shape index (κ3) is 3.78. The lowest BCUT2D eigenvalue weighted by atomic mass is 9.98. The van der Waals surface area contributed by atoms with E-state index in [-0.39, 0.29) is 18.0 Å². The number of nitrogens with two attached hydrogens (primary N) is 2. The Balaban J connectivity index is 2.13. The highest BCUT2D eigenvalue weighted by Crippen LogP contribution is 2.22. The van der Waals surface area contributed by atoms with Crippen molar-refractivity contribution in [1.29, 1.82) is 0 Å². The van der Waals surface area contributed by atoms with Crippen LogP contribution in [0.3, 0.4) is 0 Å². The van der Waals surface area contributed by atoms with Gasteiger partial charge in [0.1, 0.15) is 5.82 Å². The first-order valence-electron chi connectivity index (χ1n) is 7.10. The quantitative estimate of drug-likeness (QED) is 0.844. The summed E-state index contributed by atoms with van der Waals surface area (Å²) in [6.07, 6.45) is 1.94. The van der Waals surface area contributed by atoms with Crippen molar-refractivity contribution >= 4 is 5.91 Å². The molecule has 1 aromatic carbocycles. The second-order valence-electron chi connectivity index (χ2n) is 5.41. The molecule has 1 fully saturated rings. The lowest BCUT2D eigenvalue weighted by molar-refractivity contribution is 0.00987. The maximum absolute atomic E-state index is 13.9. The summed E-state index contributed by atoms with van der Waals surface area (Å²) in [7, 11) is 1.70. The normalized spacial score (nSPS) is 23.2. The third-order valence-corrected chi connectivity index (χ3v) is 4.10. The van der Waals surface area contributed by atoms with Crippen molar-refractivity contribution in [2.75, 3.05) is 20.2 Å². The number of ether oxygens (including phenoxy) is 1. The van der Waals surface area contributed by atoms with Crippen LogP contribution in [0.25, 0.3) is 0 Å². The van der Waals surface area contributed by atoms with Gasteiger partial charge < -0.3 is 16.2 Å². The Morgan fingerprint density at radius 1 is 1.52 bits per heavy atom. The zero-order chi connectivity index (χ0) is 15.4. The van der Waals surface area contributed by atoms with Gasteiger partial charge in [-0.1, -0.05) is 0 Å². The summed E-state index contributed by atoms with van der Waals surface area (Å²) < 4.78 is 19.3. The lowest BCUT2D eigenvalue weighted by Crippen LogP contribution is -2.48. The molecule has 1 saturated heterocycles. The number of hydrogen-bond donors (Lipinski definition) is 2. The first-order valence-corrected chi connectivity index (χ1v) is 7.10. The number of primary amides is 1. The highest BCUT2D eigenvalue weighted by atomic mass is 19.1. The fourth-order valence-corrected chi connectivity index (χ4v) is 2.80. The molecule has 21 heavy (non-hydrogen) atoms. The number of methoxy groups -OCH3 is 1. The molecule has 1 aliphatic heterocycles. The summed E-state index contributed by atoms with van der Waals surface area (Å²) in [4.78, 5) is 13.3. The molecule has 0 aliphatic carbocycles. The number of amides is 1. The highest BCUT2D eigenvalue weighted by Gasteiger charge is 2.28. The first kappa shape index (κ1) is 15.9. The Bertz CT molecular complexity index is 510. The number of rotatable bonds is 5. The van der Waals surface area contributed by atoms with E-state index in [9.17, 15) is 9.18 Å². The summed E-state index contributed by atoms with van der Waals surface area (Å²) in [5.74, 6) is -0.880. The third-order valence-electron chi connectivity index (χ3n) is 4.10. The van der Waals surface area contributed by atoms with Gasteiger partial charge in [0.15, 0.2) is 0 Å². The smallest absolute Gasteiger partial charge is 0.248 e. The van der Waals surface area contributed by atoms with Crippen molar-refractivity contribution in [3.8, 4) is 0 Å². The van der Waals surface area contributed by atoms with Crippen LogP contribution >= 0.6 is 0 Å². The van der Waals surface area contributed by atoms with Gasteiger partial charge in [0, 0.05) is 43.9 Å². The molecule has 2 atom stereocenters. The first-order chi connectivity index (χ1) is 10.0. The topological polar surface area (TPSA) is 81.6 Å². The zero-order valence-corrected chi connectivity index (χ0v) is 12.2. The summed E-state index contributed by atoms with van der Waals surface area (Å²) in [6.45, 7) is 1.71. The molecule has 0 aromatic heterocycles. The van der Waals surface area contributed by atoms with Gasteiger partial charge in [0.25, 0.3) is 0 Å². The number of benzene rings is 1. The van der Waals surface area contributed by atoms with E-state index in [1.54, 1.807) is 7.11 Å². The van der Waals surface area contributed by atoms with Crippen molar-refractivity contribution in [1.82, 2.24) is 4.90 Å². The average molecular weight is 295 g/mol. The number of likely N-dealkylation sites (tertiary alicyclic amines) is 1. The molecular weight excluding hydrogens is 273 g/mol. The number of halogens is 1. The van der Waals surface area contributed by atoms with E-state index >= 15 is 0 Å². The van der Waals surface area contributed by atoms with Crippen molar-refractivity contribution < 1.29 is 13.9 Å². The predicted octanol–water partition coefficient (Wildman–Crippen LogP) is 0.863. The molecular formula is C15H22FN3O2. The van der Waals surface area contributed by atoms with Crippen molar-refractivity contribution in [3.63, 3.8) is 0 Å². The molecule has 1 aliphatic rings. The lowest BCUT2D eigenvalue weighted by Gasteiger charge is -2.38. The molecule has 6 heteroatoms. The molecule has 0 bridgehead atoms. The van der Waals surface area contributed by atoms with E-state index in [0.29, 0.717) is 24.2 Å². The Kier molecular flexibility index (Phi) is 5.27. The molecule has 1 aromatic rings. The van der Waals surface area contributed by atoms with Gasteiger partial charge in [-0.15, -0.1) is 0 Å². The highest BCUT2D eigenvalue weighted by molar-refractivity contribution is 5.92. The fraction of sp³-hybridized carbons (Fsp3) is 0.533. The molecule has 0 spiro atoms. The Morgan fingerprint density at radius 2 is 2.29 bits per heavy atom. The second-order valence-corrected chi connectivity index (χ2v) is 5.41. The van der Waals surface area contributed by atoms with E-state index in [1.807, 2.05) is 0 Å². The average Bonchev–Trinajstić information content (AvgIpc) is 2.49. The van der Waals surface area contributed by atoms with Crippen LogP contribution in [-0.4, -0.2) is 43.2 Å². The fourth-order valence-electron chi connectivity index (χ4n) is 2.80. The molecule has 1 amide bonds. The van der Waals surface area contributed by atoms with Crippen LogP contribution in [0.5, 0.6) is 0 Å². The standard InChI is InChI=1S/C15H22FN3O2/c1-21-13-4-5-19(12(7-13)8-17)9-11-6-10(15(18)20)2-3-14(11)16/h2-3,6,12-13H,4-5,7-9,17H2,1H3,(H2,18,20). The summed E-state index contributed by atoms with van der Waals surface area (Å²) in [5.41, 5.74) is 11.9. The molecule has 1 heterocycles. The number of hydrogen-bond acceptors (Lipinski definition) is 4. The van der Waals surface area contributed by atoms with Crippen LogP contribution in [0, 0.1) is 5.82 Å². The molecule has 2 rings (SSSR count). The van der Waals surface area contributed by atoms with E-state index < -0.39 is 5.91 Å². The van der Waals surface area contributed by atoms with Gasteiger partial charge >= 0.3 is 0 Å². The summed E-state index contributed by atoms with van der Waals surface area (Å²) in [6, 6.07) is 4.36. The van der Waals surface area contributed by atoms with Gasteiger partial charge in [0.2, 0.25) is 5.91 Å². The molecule has 5 nitrogen and oxygen atoms in total. The SMILES string of the molecule is COC1CCN(Cc2cc(C(N)=O)ccc2F)C(CN)C1. The van der Waals surface area contributed by atoms with Crippen molar-refractivity contribution in [2.45, 2.75) is 31.5 Å². The second kappa shape index (κ2) is 6.98. The van der Waals surface area contributed by atoms with Crippen LogP contribution in [0.4, 0.5) is 4.39 Å². The van der Waals surface area contributed by atoms with Crippen LogP contribution in [-0.2, 0) is 11.3 Å². The molecule has 0 radical (unpaired) electrons. The molecule has 0 saturated carbocycles. The Labute approximate surface area is 124 Å². The Hall–Kier alpha value is -1.50. The number of carbonyl (C=O) groups is 1. The molecule has 2 unspecified atom stereocenters. The van der Waals surface area contributed by atoms with E-state index in [0.717, 1.165) is 19.4 Å². The van der Waals surface area contributed by atoms with Gasteiger partial charge in [-0.05, 0) is 31.0 Å². The minimum atomic E-state index is -0.551. The van der Waals surface area contributed by atoms with E-state index in [1.165, 1.54) is 18.2 Å². The van der Waals surface area contributed by atoms with Crippen LogP contribution < -0.4 is 11.5 Å².